The zero-order valence-corrected chi connectivity index (χ0v) is 12.5. The Morgan fingerprint density at radius 2 is 2.06 bits per heavy atom. The molecule has 0 bridgehead atoms. The molecule has 1 aromatic carbocycles. The summed E-state index contributed by atoms with van der Waals surface area (Å²) in [5.41, 5.74) is 5.25. The van der Waals surface area contributed by atoms with Gasteiger partial charge in [0.25, 0.3) is 0 Å². The second-order valence-electron chi connectivity index (χ2n) is 4.90. The summed E-state index contributed by atoms with van der Waals surface area (Å²) < 4.78 is 5.41. The van der Waals surface area contributed by atoms with Gasteiger partial charge in [-0.15, -0.1) is 0 Å². The number of hydrogen-bond acceptors (Lipinski definition) is 4. The third-order valence-corrected chi connectivity index (χ3v) is 4.17. The number of benzene rings is 1. The minimum Gasteiger partial charge on any atom is -0.496 e. The quantitative estimate of drug-likeness (QED) is 0.589. The average Bonchev–Trinajstić information content (AvgIpc) is 2.34. The molecule has 1 atom stereocenters. The van der Waals surface area contributed by atoms with Gasteiger partial charge in [-0.1, -0.05) is 31.5 Å². The molecular weight excluding hydrogens is 244 g/mol. The molecule has 1 aromatic rings. The monoisotopic (exact) mass is 268 g/mol. The molecule has 0 radical (unpaired) electrons. The van der Waals surface area contributed by atoms with E-state index in [1.54, 1.807) is 7.11 Å². The fourth-order valence-corrected chi connectivity index (χ4v) is 2.89. The smallest absolute Gasteiger partial charge is 0.123 e. The van der Waals surface area contributed by atoms with E-state index in [1.807, 2.05) is 17.8 Å². The van der Waals surface area contributed by atoms with Crippen LogP contribution in [0.5, 0.6) is 5.75 Å². The molecule has 0 aliphatic rings. The normalized spacial score (nSPS) is 12.8. The van der Waals surface area contributed by atoms with Crippen LogP contribution in [0.25, 0.3) is 0 Å². The fourth-order valence-electron chi connectivity index (χ4n) is 1.78. The summed E-state index contributed by atoms with van der Waals surface area (Å²) in [6.07, 6.45) is 0. The third-order valence-electron chi connectivity index (χ3n) is 2.70. The number of hydrogen-bond donors (Lipinski definition) is 2. The van der Waals surface area contributed by atoms with Gasteiger partial charge in [-0.05, 0) is 24.7 Å². The van der Waals surface area contributed by atoms with Crippen LogP contribution in [0, 0.1) is 12.8 Å². The summed E-state index contributed by atoms with van der Waals surface area (Å²) in [6, 6.07) is 6.32. The molecule has 0 spiro atoms. The van der Waals surface area contributed by atoms with E-state index in [0.29, 0.717) is 5.92 Å². The van der Waals surface area contributed by atoms with Crippen molar-refractivity contribution in [2.45, 2.75) is 26.8 Å². The first-order valence-corrected chi connectivity index (χ1v) is 7.42. The predicted octanol–water partition coefficient (Wildman–Crippen LogP) is 2.90. The lowest BCUT2D eigenvalue weighted by atomic mass is 10.0. The van der Waals surface area contributed by atoms with Crippen LogP contribution in [0.3, 0.4) is 0 Å². The van der Waals surface area contributed by atoms with Crippen LogP contribution in [-0.4, -0.2) is 18.6 Å². The summed E-state index contributed by atoms with van der Waals surface area (Å²) in [5, 5.41) is 0. The molecule has 0 aliphatic carbocycles. The molecule has 0 heterocycles. The molecule has 4 heteroatoms. The van der Waals surface area contributed by atoms with E-state index in [2.05, 4.69) is 38.3 Å². The SMILES string of the molecule is COc1ccc(C)cc1C(CSCC(C)C)NN. The van der Waals surface area contributed by atoms with Gasteiger partial charge in [0.05, 0.1) is 13.2 Å². The topological polar surface area (TPSA) is 47.3 Å². The van der Waals surface area contributed by atoms with Crippen LogP contribution in [0.4, 0.5) is 0 Å². The number of aryl methyl sites for hydroxylation is 1. The molecule has 3 nitrogen and oxygen atoms in total. The van der Waals surface area contributed by atoms with Crippen molar-refractivity contribution in [2.75, 3.05) is 18.6 Å². The van der Waals surface area contributed by atoms with Crippen molar-refractivity contribution in [2.24, 2.45) is 11.8 Å². The first-order chi connectivity index (χ1) is 8.58. The molecule has 0 aromatic heterocycles. The lowest BCUT2D eigenvalue weighted by molar-refractivity contribution is 0.402. The van der Waals surface area contributed by atoms with Crippen LogP contribution in [0.15, 0.2) is 18.2 Å². The Morgan fingerprint density at radius 3 is 2.61 bits per heavy atom. The molecule has 0 saturated heterocycles. The Labute approximate surface area is 114 Å². The van der Waals surface area contributed by atoms with Gasteiger partial charge in [-0.2, -0.15) is 11.8 Å². The fraction of sp³-hybridized carbons (Fsp3) is 0.571. The van der Waals surface area contributed by atoms with Crippen molar-refractivity contribution in [3.8, 4) is 5.75 Å². The van der Waals surface area contributed by atoms with Crippen LogP contribution < -0.4 is 16.0 Å². The van der Waals surface area contributed by atoms with Crippen LogP contribution in [0.2, 0.25) is 0 Å². The Hall–Kier alpha value is -0.710. The molecular formula is C14H24N2OS. The van der Waals surface area contributed by atoms with E-state index in [0.717, 1.165) is 22.8 Å². The van der Waals surface area contributed by atoms with Crippen LogP contribution >= 0.6 is 11.8 Å². The highest BCUT2D eigenvalue weighted by atomic mass is 32.2. The number of methoxy groups -OCH3 is 1. The maximum atomic E-state index is 5.68. The third kappa shape index (κ3) is 4.52. The number of thioether (sulfide) groups is 1. The maximum absolute atomic E-state index is 5.68. The second-order valence-corrected chi connectivity index (χ2v) is 5.97. The van der Waals surface area contributed by atoms with Gasteiger partial charge in [0.15, 0.2) is 0 Å². The van der Waals surface area contributed by atoms with E-state index in [1.165, 1.54) is 5.56 Å². The summed E-state index contributed by atoms with van der Waals surface area (Å²) in [6.45, 7) is 6.54. The highest BCUT2D eigenvalue weighted by molar-refractivity contribution is 7.99. The van der Waals surface area contributed by atoms with Gasteiger partial charge in [-0.3, -0.25) is 11.3 Å². The summed E-state index contributed by atoms with van der Waals surface area (Å²) in [4.78, 5) is 0. The molecule has 18 heavy (non-hydrogen) atoms. The van der Waals surface area contributed by atoms with Crippen molar-refractivity contribution >= 4 is 11.8 Å². The average molecular weight is 268 g/mol. The van der Waals surface area contributed by atoms with Crippen molar-refractivity contribution in [3.63, 3.8) is 0 Å². The number of hydrazine groups is 1. The molecule has 1 rings (SSSR count). The van der Waals surface area contributed by atoms with E-state index in [9.17, 15) is 0 Å². The van der Waals surface area contributed by atoms with Crippen molar-refractivity contribution in [1.82, 2.24) is 5.43 Å². The van der Waals surface area contributed by atoms with Gasteiger partial charge in [0, 0.05) is 11.3 Å². The molecule has 0 aliphatic heterocycles. The Kier molecular flexibility index (Phi) is 6.54. The predicted molar refractivity (Wildman–Crippen MR) is 80.0 cm³/mol. The van der Waals surface area contributed by atoms with Gasteiger partial charge in [-0.25, -0.2) is 0 Å². The molecule has 3 N–H and O–H groups in total. The lowest BCUT2D eigenvalue weighted by Crippen LogP contribution is -2.30. The summed E-state index contributed by atoms with van der Waals surface area (Å²) in [7, 11) is 1.70. The van der Waals surface area contributed by atoms with E-state index in [4.69, 9.17) is 10.6 Å². The standard InChI is InChI=1S/C14H24N2OS/c1-10(2)8-18-9-13(16-15)12-7-11(3)5-6-14(12)17-4/h5-7,10,13,16H,8-9,15H2,1-4H3. The zero-order valence-electron chi connectivity index (χ0n) is 11.7. The molecule has 0 saturated carbocycles. The highest BCUT2D eigenvalue weighted by Gasteiger charge is 2.15. The van der Waals surface area contributed by atoms with E-state index in [-0.39, 0.29) is 6.04 Å². The maximum Gasteiger partial charge on any atom is 0.123 e. The van der Waals surface area contributed by atoms with Crippen molar-refractivity contribution in [3.05, 3.63) is 29.3 Å². The van der Waals surface area contributed by atoms with Gasteiger partial charge >= 0.3 is 0 Å². The lowest BCUT2D eigenvalue weighted by Gasteiger charge is -2.19. The molecule has 102 valence electrons. The first-order valence-electron chi connectivity index (χ1n) is 6.26. The Balaban J connectivity index is 2.77. The number of nitrogens with two attached hydrogens (primary N) is 1. The van der Waals surface area contributed by atoms with Gasteiger partial charge in [0.2, 0.25) is 0 Å². The molecule has 1 unspecified atom stereocenters. The zero-order chi connectivity index (χ0) is 13.5. The second kappa shape index (κ2) is 7.67. The van der Waals surface area contributed by atoms with Crippen LogP contribution in [0.1, 0.15) is 31.0 Å². The minimum absolute atomic E-state index is 0.128. The Bertz CT molecular complexity index is 369. The van der Waals surface area contributed by atoms with Crippen LogP contribution in [-0.2, 0) is 0 Å². The van der Waals surface area contributed by atoms with Crippen molar-refractivity contribution in [1.29, 1.82) is 0 Å². The number of nitrogens with one attached hydrogen (secondary N) is 1. The first kappa shape index (κ1) is 15.3. The summed E-state index contributed by atoms with van der Waals surface area (Å²) >= 11 is 1.92. The van der Waals surface area contributed by atoms with E-state index >= 15 is 0 Å². The number of ether oxygens (including phenoxy) is 1. The minimum atomic E-state index is 0.128. The van der Waals surface area contributed by atoms with Gasteiger partial charge in [0.1, 0.15) is 5.75 Å². The van der Waals surface area contributed by atoms with Gasteiger partial charge < -0.3 is 4.74 Å². The molecule has 0 fully saturated rings. The Morgan fingerprint density at radius 1 is 1.33 bits per heavy atom. The molecule has 0 amide bonds. The summed E-state index contributed by atoms with van der Waals surface area (Å²) in [5.74, 6) is 9.37. The number of rotatable bonds is 7. The largest absolute Gasteiger partial charge is 0.496 e. The highest BCUT2D eigenvalue weighted by Crippen LogP contribution is 2.28. The van der Waals surface area contributed by atoms with E-state index < -0.39 is 0 Å². The van der Waals surface area contributed by atoms with Crippen molar-refractivity contribution < 1.29 is 4.74 Å².